The van der Waals surface area contributed by atoms with E-state index in [-0.39, 0.29) is 0 Å². The van der Waals surface area contributed by atoms with Gasteiger partial charge in [-0.2, -0.15) is 0 Å². The molecule has 15 heavy (non-hydrogen) atoms. The molecule has 0 aliphatic heterocycles. The Morgan fingerprint density at radius 1 is 1.47 bits per heavy atom. The van der Waals surface area contributed by atoms with Crippen LogP contribution in [0, 0.1) is 6.07 Å². The van der Waals surface area contributed by atoms with E-state index in [1.807, 2.05) is 24.3 Å². The number of pyridine rings is 1. The molecular weight excluding hydrogens is 210 g/mol. The first-order valence-corrected chi connectivity index (χ1v) is 4.77. The Morgan fingerprint density at radius 2 is 2.33 bits per heavy atom. The van der Waals surface area contributed by atoms with Crippen LogP contribution in [-0.4, -0.2) is 4.98 Å². The van der Waals surface area contributed by atoms with Gasteiger partial charge in [0.1, 0.15) is 0 Å². The van der Waals surface area contributed by atoms with Crippen LogP contribution in [0.15, 0.2) is 36.5 Å². The number of hydrogen-bond acceptors (Lipinski definition) is 3. The van der Waals surface area contributed by atoms with Gasteiger partial charge in [0.05, 0.1) is 10.7 Å². The molecule has 0 aliphatic carbocycles. The van der Waals surface area contributed by atoms with Crippen LogP contribution >= 0.6 is 11.6 Å². The molecule has 1 aromatic heterocycles. The average Bonchev–Trinajstić information content (AvgIpc) is 2.24. The van der Waals surface area contributed by atoms with E-state index in [1.165, 1.54) is 0 Å². The lowest BCUT2D eigenvalue weighted by molar-refractivity contribution is 1.31. The topological polar surface area (TPSA) is 50.9 Å². The Balaban J connectivity index is 2.25. The van der Waals surface area contributed by atoms with Gasteiger partial charge in [-0.1, -0.05) is 23.7 Å². The summed E-state index contributed by atoms with van der Waals surface area (Å²) in [6.07, 6.45) is 1.55. The Bertz CT molecular complexity index is 457. The Kier molecular flexibility index (Phi) is 2.74. The molecule has 75 valence electrons. The van der Waals surface area contributed by atoms with Crippen molar-refractivity contribution in [3.8, 4) is 0 Å². The minimum atomic E-state index is 0.520. The lowest BCUT2D eigenvalue weighted by atomic mass is 10.3. The molecule has 1 aromatic carbocycles. The highest BCUT2D eigenvalue weighted by atomic mass is 35.5. The van der Waals surface area contributed by atoms with Crippen molar-refractivity contribution in [3.05, 3.63) is 47.6 Å². The van der Waals surface area contributed by atoms with Crippen LogP contribution < -0.4 is 11.1 Å². The van der Waals surface area contributed by atoms with Crippen molar-refractivity contribution in [1.82, 2.24) is 4.98 Å². The molecule has 0 unspecified atom stereocenters. The van der Waals surface area contributed by atoms with Crippen molar-refractivity contribution in [1.29, 1.82) is 0 Å². The number of nitrogens with zero attached hydrogens (tertiary/aromatic N) is 1. The quantitative estimate of drug-likeness (QED) is 0.815. The minimum Gasteiger partial charge on any atom is -0.396 e. The third-order valence-corrected chi connectivity index (χ3v) is 2.06. The standard InChI is InChI=1S/C11H9ClN3/c12-8-6-10(13)11(14-7-8)15-9-4-2-1-3-5-9/h1-2,4-7H,13H2,(H,14,15). The van der Waals surface area contributed by atoms with Gasteiger partial charge in [-0.15, -0.1) is 0 Å². The van der Waals surface area contributed by atoms with Crippen molar-refractivity contribution in [2.45, 2.75) is 0 Å². The van der Waals surface area contributed by atoms with Gasteiger partial charge < -0.3 is 11.1 Å². The van der Waals surface area contributed by atoms with E-state index in [9.17, 15) is 0 Å². The summed E-state index contributed by atoms with van der Waals surface area (Å²) < 4.78 is 0. The second kappa shape index (κ2) is 4.19. The maximum Gasteiger partial charge on any atom is 0.153 e. The van der Waals surface area contributed by atoms with Crippen LogP contribution in [0.1, 0.15) is 0 Å². The van der Waals surface area contributed by atoms with Crippen LogP contribution in [0.4, 0.5) is 17.2 Å². The molecule has 0 spiro atoms. The maximum atomic E-state index is 5.75. The number of nitrogens with one attached hydrogen (secondary N) is 1. The number of nitrogen functional groups attached to an aromatic ring is 1. The fourth-order valence-corrected chi connectivity index (χ4v) is 1.33. The van der Waals surface area contributed by atoms with Gasteiger partial charge in [0.2, 0.25) is 0 Å². The molecule has 0 aliphatic rings. The van der Waals surface area contributed by atoms with Crippen molar-refractivity contribution in [3.63, 3.8) is 0 Å². The van der Waals surface area contributed by atoms with Crippen LogP contribution in [0.5, 0.6) is 0 Å². The molecule has 1 heterocycles. The van der Waals surface area contributed by atoms with Gasteiger partial charge in [-0.05, 0) is 24.3 Å². The lowest BCUT2D eigenvalue weighted by Gasteiger charge is -2.07. The zero-order chi connectivity index (χ0) is 10.7. The molecule has 1 radical (unpaired) electrons. The van der Waals surface area contributed by atoms with E-state index in [0.717, 1.165) is 5.69 Å². The number of nitrogens with two attached hydrogens (primary N) is 1. The van der Waals surface area contributed by atoms with Gasteiger partial charge in [0.25, 0.3) is 0 Å². The third kappa shape index (κ3) is 2.39. The van der Waals surface area contributed by atoms with Gasteiger partial charge in [0, 0.05) is 11.9 Å². The Hall–Kier alpha value is -1.74. The van der Waals surface area contributed by atoms with Crippen LogP contribution in [0.2, 0.25) is 5.02 Å². The highest BCUT2D eigenvalue weighted by Gasteiger charge is 2.01. The van der Waals surface area contributed by atoms with Crippen molar-refractivity contribution in [2.75, 3.05) is 11.1 Å². The smallest absolute Gasteiger partial charge is 0.153 e. The first-order valence-electron chi connectivity index (χ1n) is 4.40. The predicted molar refractivity (Wildman–Crippen MR) is 62.2 cm³/mol. The second-order valence-corrected chi connectivity index (χ2v) is 3.44. The first kappa shape index (κ1) is 9.80. The zero-order valence-corrected chi connectivity index (χ0v) is 8.62. The number of halogens is 1. The fraction of sp³-hybridized carbons (Fsp3) is 0. The number of anilines is 3. The summed E-state index contributed by atoms with van der Waals surface area (Å²) in [6, 6.07) is 12.0. The molecule has 0 amide bonds. The maximum absolute atomic E-state index is 5.75. The van der Waals surface area contributed by atoms with Gasteiger partial charge in [0.15, 0.2) is 5.82 Å². The molecular formula is C11H9ClN3. The van der Waals surface area contributed by atoms with Gasteiger partial charge in [-0.25, -0.2) is 4.98 Å². The summed E-state index contributed by atoms with van der Waals surface area (Å²) >= 11 is 5.74. The number of rotatable bonds is 2. The summed E-state index contributed by atoms with van der Waals surface area (Å²) in [5.74, 6) is 0.596. The number of hydrogen-bond donors (Lipinski definition) is 2. The van der Waals surface area contributed by atoms with Crippen molar-refractivity contribution >= 4 is 28.8 Å². The van der Waals surface area contributed by atoms with Gasteiger partial charge in [-0.3, -0.25) is 0 Å². The highest BCUT2D eigenvalue weighted by Crippen LogP contribution is 2.22. The van der Waals surface area contributed by atoms with Crippen LogP contribution in [0.3, 0.4) is 0 Å². The normalized spacial score (nSPS) is 9.93. The van der Waals surface area contributed by atoms with Crippen molar-refractivity contribution < 1.29 is 0 Å². The molecule has 0 saturated heterocycles. The monoisotopic (exact) mass is 218 g/mol. The molecule has 2 rings (SSSR count). The summed E-state index contributed by atoms with van der Waals surface area (Å²) in [5.41, 5.74) is 7.16. The second-order valence-electron chi connectivity index (χ2n) is 3.01. The summed E-state index contributed by atoms with van der Waals surface area (Å²) in [5, 5.41) is 3.60. The van der Waals surface area contributed by atoms with E-state index in [4.69, 9.17) is 17.3 Å². The molecule has 4 heteroatoms. The molecule has 0 atom stereocenters. The average molecular weight is 219 g/mol. The number of benzene rings is 1. The zero-order valence-electron chi connectivity index (χ0n) is 7.87. The van der Waals surface area contributed by atoms with Crippen LogP contribution in [0.25, 0.3) is 0 Å². The van der Waals surface area contributed by atoms with E-state index in [2.05, 4.69) is 16.4 Å². The molecule has 0 saturated carbocycles. The van der Waals surface area contributed by atoms with E-state index in [1.54, 1.807) is 12.3 Å². The molecule has 2 aromatic rings. The molecule has 0 fully saturated rings. The van der Waals surface area contributed by atoms with Crippen LogP contribution in [-0.2, 0) is 0 Å². The Morgan fingerprint density at radius 3 is 3.00 bits per heavy atom. The predicted octanol–water partition coefficient (Wildman–Crippen LogP) is 2.86. The lowest BCUT2D eigenvalue weighted by Crippen LogP contribution is -1.98. The first-order chi connectivity index (χ1) is 7.25. The third-order valence-electron chi connectivity index (χ3n) is 1.85. The fourth-order valence-electron chi connectivity index (χ4n) is 1.17. The number of aromatic nitrogens is 1. The summed E-state index contributed by atoms with van der Waals surface area (Å²) in [4.78, 5) is 4.09. The Labute approximate surface area is 92.9 Å². The van der Waals surface area contributed by atoms with E-state index in [0.29, 0.717) is 16.5 Å². The minimum absolute atomic E-state index is 0.520. The van der Waals surface area contributed by atoms with Crippen molar-refractivity contribution in [2.24, 2.45) is 0 Å². The highest BCUT2D eigenvalue weighted by molar-refractivity contribution is 6.30. The molecule has 0 bridgehead atoms. The van der Waals surface area contributed by atoms with Gasteiger partial charge >= 0.3 is 0 Å². The molecule has 3 nitrogen and oxygen atoms in total. The summed E-state index contributed by atoms with van der Waals surface area (Å²) in [7, 11) is 0. The van der Waals surface area contributed by atoms with E-state index < -0.39 is 0 Å². The van der Waals surface area contributed by atoms with E-state index >= 15 is 0 Å². The largest absolute Gasteiger partial charge is 0.396 e. The SMILES string of the molecule is Nc1cc(Cl)cnc1Nc1c[c]ccc1. The summed E-state index contributed by atoms with van der Waals surface area (Å²) in [6.45, 7) is 0. The molecule has 3 N–H and O–H groups in total.